The van der Waals surface area contributed by atoms with Gasteiger partial charge in [-0.15, -0.1) is 0 Å². The third-order valence-corrected chi connectivity index (χ3v) is 2.63. The largest absolute Gasteiger partial charge is 0.381 e. The molecule has 0 aromatic carbocycles. The Labute approximate surface area is 79.0 Å². The molecule has 2 N–H and O–H groups in total. The zero-order valence-electron chi connectivity index (χ0n) is 8.32. The topological polar surface area (TPSA) is 55.6 Å². The van der Waals surface area contributed by atoms with E-state index < -0.39 is 0 Å². The van der Waals surface area contributed by atoms with Crippen LogP contribution in [-0.2, 0) is 9.53 Å². The molecule has 4 heteroatoms. The highest BCUT2D eigenvalue weighted by atomic mass is 16.5. The first-order chi connectivity index (χ1) is 6.16. The lowest BCUT2D eigenvalue weighted by molar-refractivity contribution is -0.135. The summed E-state index contributed by atoms with van der Waals surface area (Å²) < 4.78 is 5.16. The lowest BCUT2D eigenvalue weighted by Gasteiger charge is -2.25. The van der Waals surface area contributed by atoms with Gasteiger partial charge in [0.1, 0.15) is 0 Å². The van der Waals surface area contributed by atoms with Crippen molar-refractivity contribution in [1.29, 1.82) is 0 Å². The summed E-state index contributed by atoms with van der Waals surface area (Å²) in [7, 11) is 1.80. The minimum absolute atomic E-state index is 0.0546. The van der Waals surface area contributed by atoms with Crippen LogP contribution < -0.4 is 5.73 Å². The summed E-state index contributed by atoms with van der Waals surface area (Å²) in [4.78, 5) is 13.5. The summed E-state index contributed by atoms with van der Waals surface area (Å²) in [6, 6.07) is 0.119. The van der Waals surface area contributed by atoms with E-state index in [1.165, 1.54) is 0 Å². The molecule has 1 aliphatic rings. The van der Waals surface area contributed by atoms with E-state index in [1.807, 2.05) is 6.92 Å². The number of carbonyl (C=O) groups is 1. The summed E-state index contributed by atoms with van der Waals surface area (Å²) >= 11 is 0. The summed E-state index contributed by atoms with van der Waals surface area (Å²) in [5.74, 6) is 0.217. The maximum absolute atomic E-state index is 11.7. The minimum Gasteiger partial charge on any atom is -0.381 e. The molecule has 0 aliphatic carbocycles. The van der Waals surface area contributed by atoms with Crippen LogP contribution in [0.25, 0.3) is 0 Å². The molecule has 13 heavy (non-hydrogen) atoms. The molecule has 2 atom stereocenters. The van der Waals surface area contributed by atoms with Gasteiger partial charge in [-0.1, -0.05) is 0 Å². The molecule has 4 nitrogen and oxygen atoms in total. The number of carbonyl (C=O) groups excluding carboxylic acids is 1. The van der Waals surface area contributed by atoms with Gasteiger partial charge in [-0.3, -0.25) is 4.79 Å². The van der Waals surface area contributed by atoms with Gasteiger partial charge in [0.15, 0.2) is 0 Å². The van der Waals surface area contributed by atoms with E-state index in [2.05, 4.69) is 0 Å². The maximum atomic E-state index is 11.7. The van der Waals surface area contributed by atoms with Crippen LogP contribution in [0.1, 0.15) is 13.3 Å². The van der Waals surface area contributed by atoms with Gasteiger partial charge >= 0.3 is 0 Å². The second kappa shape index (κ2) is 4.58. The van der Waals surface area contributed by atoms with E-state index >= 15 is 0 Å². The fourth-order valence-corrected chi connectivity index (χ4v) is 1.39. The van der Waals surface area contributed by atoms with E-state index in [0.29, 0.717) is 19.8 Å². The molecule has 1 rings (SSSR count). The number of nitrogens with two attached hydrogens (primary N) is 1. The number of ether oxygens (including phenoxy) is 1. The maximum Gasteiger partial charge on any atom is 0.228 e. The number of rotatable bonds is 3. The number of nitrogens with zero attached hydrogens (tertiary/aromatic N) is 1. The van der Waals surface area contributed by atoms with Crippen LogP contribution in [0.5, 0.6) is 0 Å². The SMILES string of the molecule is CC(CN)N(C)C(=O)C1CCOC1. The Morgan fingerprint density at radius 3 is 2.92 bits per heavy atom. The van der Waals surface area contributed by atoms with Gasteiger partial charge in [0, 0.05) is 26.2 Å². The van der Waals surface area contributed by atoms with Crippen LogP contribution in [-0.4, -0.2) is 43.7 Å². The first-order valence-corrected chi connectivity index (χ1v) is 4.71. The molecule has 1 amide bonds. The molecule has 1 saturated heterocycles. The molecular weight excluding hydrogens is 168 g/mol. The van der Waals surface area contributed by atoms with Crippen molar-refractivity contribution < 1.29 is 9.53 Å². The fourth-order valence-electron chi connectivity index (χ4n) is 1.39. The molecule has 76 valence electrons. The Morgan fingerprint density at radius 2 is 2.46 bits per heavy atom. The third-order valence-electron chi connectivity index (χ3n) is 2.63. The molecule has 0 aromatic rings. The number of hydrogen-bond donors (Lipinski definition) is 1. The Hall–Kier alpha value is -0.610. The van der Waals surface area contributed by atoms with Crippen molar-refractivity contribution in [2.45, 2.75) is 19.4 Å². The number of amides is 1. The van der Waals surface area contributed by atoms with E-state index in [4.69, 9.17) is 10.5 Å². The number of hydrogen-bond acceptors (Lipinski definition) is 3. The Bertz CT molecular complexity index is 178. The van der Waals surface area contributed by atoms with Crippen molar-refractivity contribution in [3.05, 3.63) is 0 Å². The molecule has 0 spiro atoms. The van der Waals surface area contributed by atoms with Gasteiger partial charge in [-0.05, 0) is 13.3 Å². The predicted octanol–water partition coefficient (Wildman–Crippen LogP) is -0.171. The van der Waals surface area contributed by atoms with Crippen molar-refractivity contribution in [3.63, 3.8) is 0 Å². The van der Waals surface area contributed by atoms with Gasteiger partial charge in [0.25, 0.3) is 0 Å². The van der Waals surface area contributed by atoms with Gasteiger partial charge < -0.3 is 15.4 Å². The van der Waals surface area contributed by atoms with Crippen molar-refractivity contribution in [3.8, 4) is 0 Å². The predicted molar refractivity (Wildman–Crippen MR) is 50.2 cm³/mol. The van der Waals surface area contributed by atoms with Crippen LogP contribution >= 0.6 is 0 Å². The molecule has 1 aliphatic heterocycles. The minimum atomic E-state index is 0.0546. The highest BCUT2D eigenvalue weighted by Crippen LogP contribution is 2.15. The Balaban J connectivity index is 2.45. The lowest BCUT2D eigenvalue weighted by Crippen LogP contribution is -2.43. The summed E-state index contributed by atoms with van der Waals surface area (Å²) in [6.45, 7) is 3.74. The highest BCUT2D eigenvalue weighted by Gasteiger charge is 2.27. The fraction of sp³-hybridized carbons (Fsp3) is 0.889. The molecule has 0 bridgehead atoms. The van der Waals surface area contributed by atoms with Crippen molar-refractivity contribution in [2.24, 2.45) is 11.7 Å². The third kappa shape index (κ3) is 2.42. The molecule has 0 radical (unpaired) electrons. The molecule has 2 unspecified atom stereocenters. The van der Waals surface area contributed by atoms with Gasteiger partial charge in [0.05, 0.1) is 12.5 Å². The van der Waals surface area contributed by atoms with Crippen LogP contribution in [0.2, 0.25) is 0 Å². The monoisotopic (exact) mass is 186 g/mol. The van der Waals surface area contributed by atoms with E-state index in [9.17, 15) is 4.79 Å². The average Bonchev–Trinajstić information content (AvgIpc) is 2.67. The van der Waals surface area contributed by atoms with E-state index in [1.54, 1.807) is 11.9 Å². The lowest BCUT2D eigenvalue weighted by atomic mass is 10.1. The number of likely N-dealkylation sites (N-methyl/N-ethyl adjacent to an activating group) is 1. The standard InChI is InChI=1S/C9H18N2O2/c1-7(5-10)11(2)9(12)8-3-4-13-6-8/h7-8H,3-6,10H2,1-2H3. The second-order valence-electron chi connectivity index (χ2n) is 3.59. The van der Waals surface area contributed by atoms with Gasteiger partial charge in [0.2, 0.25) is 5.91 Å². The van der Waals surface area contributed by atoms with Crippen LogP contribution in [0.15, 0.2) is 0 Å². The van der Waals surface area contributed by atoms with Crippen molar-refractivity contribution >= 4 is 5.91 Å². The molecule has 1 heterocycles. The summed E-state index contributed by atoms with van der Waals surface area (Å²) in [5, 5.41) is 0. The van der Waals surface area contributed by atoms with E-state index in [-0.39, 0.29) is 17.9 Å². The second-order valence-corrected chi connectivity index (χ2v) is 3.59. The van der Waals surface area contributed by atoms with Crippen LogP contribution in [0.3, 0.4) is 0 Å². The Morgan fingerprint density at radius 1 is 1.77 bits per heavy atom. The molecule has 0 aromatic heterocycles. The van der Waals surface area contributed by atoms with Crippen molar-refractivity contribution in [2.75, 3.05) is 26.8 Å². The zero-order valence-corrected chi connectivity index (χ0v) is 8.32. The molecule has 1 fully saturated rings. The first-order valence-electron chi connectivity index (χ1n) is 4.71. The highest BCUT2D eigenvalue weighted by molar-refractivity contribution is 5.79. The van der Waals surface area contributed by atoms with Crippen molar-refractivity contribution in [1.82, 2.24) is 4.90 Å². The summed E-state index contributed by atoms with van der Waals surface area (Å²) in [6.07, 6.45) is 0.848. The van der Waals surface area contributed by atoms with Gasteiger partial charge in [-0.25, -0.2) is 0 Å². The average molecular weight is 186 g/mol. The smallest absolute Gasteiger partial charge is 0.228 e. The van der Waals surface area contributed by atoms with Crippen LogP contribution in [0, 0.1) is 5.92 Å². The summed E-state index contributed by atoms with van der Waals surface area (Å²) in [5.41, 5.74) is 5.48. The molecule has 0 saturated carbocycles. The normalized spacial score (nSPS) is 24.4. The quantitative estimate of drug-likeness (QED) is 0.665. The Kier molecular flexibility index (Phi) is 3.69. The van der Waals surface area contributed by atoms with Gasteiger partial charge in [-0.2, -0.15) is 0 Å². The molecular formula is C9H18N2O2. The van der Waals surface area contributed by atoms with E-state index in [0.717, 1.165) is 6.42 Å². The van der Waals surface area contributed by atoms with Crippen LogP contribution in [0.4, 0.5) is 0 Å². The zero-order chi connectivity index (χ0) is 9.84. The first kappa shape index (κ1) is 10.5.